The van der Waals surface area contributed by atoms with E-state index in [2.05, 4.69) is 67.5 Å². The molecule has 48 heavy (non-hydrogen) atoms. The average Bonchev–Trinajstić information content (AvgIpc) is 3.01. The summed E-state index contributed by atoms with van der Waals surface area (Å²) in [6.07, 6.45) is 17.2. The van der Waals surface area contributed by atoms with E-state index in [9.17, 15) is 10.2 Å². The summed E-state index contributed by atoms with van der Waals surface area (Å²) in [7, 11) is 0. The van der Waals surface area contributed by atoms with Gasteiger partial charge in [-0.1, -0.05) is 66.2 Å². The second kappa shape index (κ2) is 14.1. The Morgan fingerprint density at radius 2 is 1.00 bits per heavy atom. The zero-order valence-electron chi connectivity index (χ0n) is 31.6. The summed E-state index contributed by atoms with van der Waals surface area (Å²) in [5.74, 6) is 5.56. The van der Waals surface area contributed by atoms with Crippen molar-refractivity contribution in [3.05, 3.63) is 45.5 Å². The van der Waals surface area contributed by atoms with Crippen LogP contribution in [0.25, 0.3) is 0 Å². The van der Waals surface area contributed by atoms with E-state index < -0.39 is 0 Å². The minimum atomic E-state index is -0.236. The van der Waals surface area contributed by atoms with Crippen LogP contribution in [0.2, 0.25) is 0 Å². The highest BCUT2D eigenvalue weighted by atomic mass is 16.5. The number of ether oxygens (including phenoxy) is 2. The Labute approximate surface area is 292 Å². The van der Waals surface area contributed by atoms with Gasteiger partial charge in [-0.2, -0.15) is 0 Å². The van der Waals surface area contributed by atoms with E-state index in [0.717, 1.165) is 98.0 Å². The Bertz CT molecular complexity index is 1340. The maximum Gasteiger partial charge on any atom is 0.127 e. The molecule has 0 spiro atoms. The second-order valence-corrected chi connectivity index (χ2v) is 17.6. The van der Waals surface area contributed by atoms with Crippen LogP contribution in [-0.4, -0.2) is 21.4 Å². The molecule has 266 valence electrons. The number of fused-ring (bicyclic) bond motifs is 6. The first-order valence-electron chi connectivity index (χ1n) is 20.0. The standard InChI is InChI=1S/C44H66O4/c1-9-11-13-15-29-25-37-39(33-23-27(3)17-21-35(33)43(5,6)47-37)41(45)31(29)19-20-32-30(16-14-12-10-2)26-38-40(42(32)46)34-24-28(4)18-22-36(34)44(7,8)48-38/h25-28,33-36,45-46H,9-24H2,1-8H3/t27-,28+,33-,34-,35-,36-/m1/s1. The van der Waals surface area contributed by atoms with Gasteiger partial charge in [0, 0.05) is 23.0 Å². The Morgan fingerprint density at radius 1 is 0.604 bits per heavy atom. The van der Waals surface area contributed by atoms with Crippen molar-refractivity contribution < 1.29 is 19.7 Å². The molecule has 2 fully saturated rings. The molecule has 0 unspecified atom stereocenters. The molecule has 2 aliphatic carbocycles. The van der Waals surface area contributed by atoms with E-state index in [1.807, 2.05) is 0 Å². The summed E-state index contributed by atoms with van der Waals surface area (Å²) in [6, 6.07) is 4.60. The number of phenolic OH excluding ortho intramolecular Hbond substituents is 2. The lowest BCUT2D eigenvalue weighted by Crippen LogP contribution is -2.46. The minimum absolute atomic E-state index is 0.236. The fraction of sp³-hybridized carbons (Fsp3) is 0.727. The van der Waals surface area contributed by atoms with Gasteiger partial charge in [-0.15, -0.1) is 0 Å². The third kappa shape index (κ3) is 6.72. The maximum atomic E-state index is 12.3. The van der Waals surface area contributed by atoms with Gasteiger partial charge in [-0.25, -0.2) is 0 Å². The molecule has 4 aliphatic rings. The molecular weight excluding hydrogens is 592 g/mol. The molecule has 4 heteroatoms. The summed E-state index contributed by atoms with van der Waals surface area (Å²) < 4.78 is 13.6. The van der Waals surface area contributed by atoms with Crippen molar-refractivity contribution in [2.75, 3.05) is 0 Å². The zero-order valence-corrected chi connectivity index (χ0v) is 31.6. The van der Waals surface area contributed by atoms with Gasteiger partial charge < -0.3 is 19.7 Å². The molecule has 2 aromatic carbocycles. The van der Waals surface area contributed by atoms with Crippen LogP contribution < -0.4 is 9.47 Å². The fourth-order valence-corrected chi connectivity index (χ4v) is 10.6. The quantitative estimate of drug-likeness (QED) is 0.236. The summed E-state index contributed by atoms with van der Waals surface area (Å²) in [4.78, 5) is 0. The van der Waals surface area contributed by atoms with E-state index in [4.69, 9.17) is 9.47 Å². The topological polar surface area (TPSA) is 58.9 Å². The molecule has 6 atom stereocenters. The molecule has 2 N–H and O–H groups in total. The number of phenols is 2. The van der Waals surface area contributed by atoms with Crippen molar-refractivity contribution in [3.8, 4) is 23.0 Å². The molecule has 0 aromatic heterocycles. The van der Waals surface area contributed by atoms with Crippen LogP contribution in [0.15, 0.2) is 12.1 Å². The number of rotatable bonds is 11. The molecule has 6 rings (SSSR count). The number of aromatic hydroxyl groups is 2. The number of aryl methyl sites for hydroxylation is 2. The van der Waals surface area contributed by atoms with Crippen molar-refractivity contribution in [1.82, 2.24) is 0 Å². The Hall–Kier alpha value is -2.36. The lowest BCUT2D eigenvalue weighted by atomic mass is 9.63. The molecule has 4 nitrogen and oxygen atoms in total. The third-order valence-corrected chi connectivity index (χ3v) is 13.2. The van der Waals surface area contributed by atoms with Gasteiger partial charge in [-0.05, 0) is 150 Å². The van der Waals surface area contributed by atoms with Gasteiger partial charge in [0.05, 0.1) is 0 Å². The SMILES string of the molecule is CCCCCc1cc2c(c(O)c1CCc1c(CCCCC)cc3c(c1O)[C@@H]1C[C@@H](C)CC[C@H]1C(C)(C)O3)[C@@H]1C[C@H](C)CC[C@H]1C(C)(C)O2. The first-order chi connectivity index (χ1) is 22.9. The van der Waals surface area contributed by atoms with Crippen molar-refractivity contribution in [3.63, 3.8) is 0 Å². The predicted octanol–water partition coefficient (Wildman–Crippen LogP) is 11.7. The van der Waals surface area contributed by atoms with Crippen molar-refractivity contribution in [1.29, 1.82) is 0 Å². The predicted molar refractivity (Wildman–Crippen MR) is 198 cm³/mol. The maximum absolute atomic E-state index is 12.3. The summed E-state index contributed by atoms with van der Waals surface area (Å²) in [5, 5.41) is 24.7. The highest BCUT2D eigenvalue weighted by Gasteiger charge is 2.49. The van der Waals surface area contributed by atoms with Crippen LogP contribution in [0.3, 0.4) is 0 Å². The molecule has 2 aromatic rings. The zero-order chi connectivity index (χ0) is 34.4. The first-order valence-corrected chi connectivity index (χ1v) is 20.0. The summed E-state index contributed by atoms with van der Waals surface area (Å²) in [6.45, 7) is 18.3. The van der Waals surface area contributed by atoms with E-state index in [-0.39, 0.29) is 11.2 Å². The van der Waals surface area contributed by atoms with Gasteiger partial charge in [0.1, 0.15) is 34.2 Å². The lowest BCUT2D eigenvalue weighted by Gasteiger charge is -2.49. The van der Waals surface area contributed by atoms with Crippen molar-refractivity contribution in [2.45, 2.75) is 181 Å². The van der Waals surface area contributed by atoms with E-state index in [1.54, 1.807) is 0 Å². The molecule has 2 aliphatic heterocycles. The largest absolute Gasteiger partial charge is 0.507 e. The highest BCUT2D eigenvalue weighted by molar-refractivity contribution is 5.60. The smallest absolute Gasteiger partial charge is 0.127 e. The summed E-state index contributed by atoms with van der Waals surface area (Å²) in [5.41, 5.74) is 6.29. The number of unbranched alkanes of at least 4 members (excludes halogenated alkanes) is 4. The molecule has 0 radical (unpaired) electrons. The van der Waals surface area contributed by atoms with E-state index >= 15 is 0 Å². The summed E-state index contributed by atoms with van der Waals surface area (Å²) >= 11 is 0. The van der Waals surface area contributed by atoms with Crippen LogP contribution in [0, 0.1) is 23.7 Å². The molecule has 2 saturated carbocycles. The number of hydrogen-bond donors (Lipinski definition) is 2. The van der Waals surface area contributed by atoms with Crippen LogP contribution in [-0.2, 0) is 25.7 Å². The minimum Gasteiger partial charge on any atom is -0.507 e. The number of hydrogen-bond acceptors (Lipinski definition) is 4. The van der Waals surface area contributed by atoms with Gasteiger partial charge in [-0.3, -0.25) is 0 Å². The van der Waals surface area contributed by atoms with Crippen LogP contribution in [0.5, 0.6) is 23.0 Å². The normalized spacial score (nSPS) is 28.3. The van der Waals surface area contributed by atoms with Gasteiger partial charge in [0.2, 0.25) is 0 Å². The van der Waals surface area contributed by atoms with Crippen molar-refractivity contribution in [2.24, 2.45) is 23.7 Å². The van der Waals surface area contributed by atoms with Crippen LogP contribution in [0.1, 0.15) is 178 Å². The van der Waals surface area contributed by atoms with Gasteiger partial charge in [0.15, 0.2) is 0 Å². The fourth-order valence-electron chi connectivity index (χ4n) is 10.6. The Balaban J connectivity index is 1.42. The third-order valence-electron chi connectivity index (χ3n) is 13.2. The highest BCUT2D eigenvalue weighted by Crippen LogP contribution is 2.58. The van der Waals surface area contributed by atoms with Gasteiger partial charge in [0.25, 0.3) is 0 Å². The van der Waals surface area contributed by atoms with Crippen LogP contribution >= 0.6 is 0 Å². The lowest BCUT2D eigenvalue weighted by molar-refractivity contribution is -0.0150. The first kappa shape index (κ1) is 35.5. The van der Waals surface area contributed by atoms with Crippen LogP contribution in [0.4, 0.5) is 0 Å². The van der Waals surface area contributed by atoms with E-state index in [1.165, 1.54) is 49.7 Å². The molecule has 0 bridgehead atoms. The monoisotopic (exact) mass is 658 g/mol. The number of benzene rings is 2. The molecule has 2 heterocycles. The molecule has 0 amide bonds. The van der Waals surface area contributed by atoms with E-state index in [0.29, 0.717) is 47.0 Å². The average molecular weight is 659 g/mol. The molecule has 0 saturated heterocycles. The Morgan fingerprint density at radius 3 is 1.38 bits per heavy atom. The van der Waals surface area contributed by atoms with Crippen molar-refractivity contribution >= 4 is 0 Å². The van der Waals surface area contributed by atoms with Gasteiger partial charge >= 0.3 is 0 Å². The second-order valence-electron chi connectivity index (χ2n) is 17.6. The Kier molecular flexibility index (Phi) is 10.4. The molecular formula is C44H66O4.